The average Bonchev–Trinajstić information content (AvgIpc) is 3.28. The minimum Gasteiger partial charge on any atom is -0.466 e. The first kappa shape index (κ1) is 12.3. The molecule has 1 aromatic rings. The van der Waals surface area contributed by atoms with Crippen molar-refractivity contribution in [2.45, 2.75) is 25.7 Å². The quantitative estimate of drug-likeness (QED) is 0.610. The lowest BCUT2D eigenvalue weighted by Crippen LogP contribution is -2.22. The number of hydrogen-bond acceptors (Lipinski definition) is 2. The summed E-state index contributed by atoms with van der Waals surface area (Å²) >= 11 is 0. The normalized spacial score (nSPS) is 34.1. The number of rotatable bonds is 4. The number of carbonyl (C=O) groups excluding carboxylic acids is 1. The Bertz CT molecular complexity index is 552. The van der Waals surface area contributed by atoms with E-state index in [0.717, 1.165) is 12.0 Å². The standard InChI is InChI=1S/C17H18O2/c1-4-11-7-9-12(10-8-11)17-13(5-2)14(17)15(17)16(18)19-6-3/h1,7-10,13-15H,5-6H2,2-3H3/t13?,14?,15-,17?/m0/s1. The van der Waals surface area contributed by atoms with Gasteiger partial charge in [-0.1, -0.05) is 31.4 Å². The molecule has 0 aliphatic heterocycles. The van der Waals surface area contributed by atoms with Crippen LogP contribution in [0.2, 0.25) is 0 Å². The molecule has 4 atom stereocenters. The molecule has 0 saturated heterocycles. The molecule has 0 heterocycles. The van der Waals surface area contributed by atoms with Gasteiger partial charge in [-0.05, 0) is 36.5 Å². The smallest absolute Gasteiger partial charge is 0.310 e. The summed E-state index contributed by atoms with van der Waals surface area (Å²) < 4.78 is 5.18. The van der Waals surface area contributed by atoms with E-state index in [9.17, 15) is 4.79 Å². The maximum atomic E-state index is 12.0. The zero-order valence-corrected chi connectivity index (χ0v) is 11.3. The molecule has 0 amide bonds. The number of terminal acetylenes is 1. The summed E-state index contributed by atoms with van der Waals surface area (Å²) in [4.78, 5) is 12.0. The van der Waals surface area contributed by atoms with Gasteiger partial charge in [0.25, 0.3) is 0 Å². The Morgan fingerprint density at radius 2 is 2.05 bits per heavy atom. The maximum Gasteiger partial charge on any atom is 0.310 e. The fraction of sp³-hybridized carbons (Fsp3) is 0.471. The van der Waals surface area contributed by atoms with Gasteiger partial charge in [0.05, 0.1) is 12.5 Å². The Balaban J connectivity index is 1.85. The summed E-state index contributed by atoms with van der Waals surface area (Å²) in [6.45, 7) is 4.51. The Morgan fingerprint density at radius 3 is 2.58 bits per heavy atom. The van der Waals surface area contributed by atoms with Crippen LogP contribution >= 0.6 is 0 Å². The van der Waals surface area contributed by atoms with Gasteiger partial charge in [0.2, 0.25) is 0 Å². The summed E-state index contributed by atoms with van der Waals surface area (Å²) in [5, 5.41) is 0. The van der Waals surface area contributed by atoms with Crippen molar-refractivity contribution >= 4 is 5.97 Å². The molecule has 3 rings (SSSR count). The van der Waals surface area contributed by atoms with E-state index in [1.54, 1.807) is 0 Å². The molecule has 0 bridgehead atoms. The van der Waals surface area contributed by atoms with Gasteiger partial charge in [-0.25, -0.2) is 0 Å². The van der Waals surface area contributed by atoms with Gasteiger partial charge in [0.1, 0.15) is 0 Å². The van der Waals surface area contributed by atoms with Crippen molar-refractivity contribution in [3.05, 3.63) is 35.4 Å². The molecule has 2 heteroatoms. The zero-order valence-electron chi connectivity index (χ0n) is 11.3. The van der Waals surface area contributed by atoms with E-state index in [-0.39, 0.29) is 17.3 Å². The minimum atomic E-state index is -0.0294. The molecular formula is C17H18O2. The zero-order chi connectivity index (χ0) is 13.6. The summed E-state index contributed by atoms with van der Waals surface area (Å²) in [7, 11) is 0. The van der Waals surface area contributed by atoms with Crippen LogP contribution in [0.5, 0.6) is 0 Å². The van der Waals surface area contributed by atoms with E-state index in [4.69, 9.17) is 11.2 Å². The van der Waals surface area contributed by atoms with Gasteiger partial charge in [-0.2, -0.15) is 0 Å². The van der Waals surface area contributed by atoms with Gasteiger partial charge >= 0.3 is 5.97 Å². The molecule has 1 aromatic carbocycles. The van der Waals surface area contributed by atoms with Gasteiger partial charge in [0, 0.05) is 11.0 Å². The Hall–Kier alpha value is -1.75. The van der Waals surface area contributed by atoms with Crippen LogP contribution in [-0.4, -0.2) is 12.6 Å². The molecule has 0 radical (unpaired) electrons. The summed E-state index contributed by atoms with van der Waals surface area (Å²) in [6.07, 6.45) is 6.50. The number of esters is 1. The number of hydrogen-bond donors (Lipinski definition) is 0. The lowest BCUT2D eigenvalue weighted by atomic mass is 9.88. The molecule has 2 saturated carbocycles. The first-order chi connectivity index (χ1) is 9.21. The largest absolute Gasteiger partial charge is 0.466 e. The molecule has 2 aliphatic carbocycles. The van der Waals surface area contributed by atoms with E-state index in [0.29, 0.717) is 18.4 Å². The van der Waals surface area contributed by atoms with Crippen molar-refractivity contribution < 1.29 is 9.53 Å². The van der Waals surface area contributed by atoms with Gasteiger partial charge in [-0.3, -0.25) is 4.79 Å². The first-order valence-corrected chi connectivity index (χ1v) is 6.95. The monoisotopic (exact) mass is 254 g/mol. The lowest BCUT2D eigenvalue weighted by Gasteiger charge is -2.17. The van der Waals surface area contributed by atoms with Crippen molar-refractivity contribution in [1.29, 1.82) is 0 Å². The van der Waals surface area contributed by atoms with Crippen LogP contribution in [0.25, 0.3) is 0 Å². The van der Waals surface area contributed by atoms with E-state index >= 15 is 0 Å². The molecule has 0 N–H and O–H groups in total. The van der Waals surface area contributed by atoms with Crippen molar-refractivity contribution in [3.63, 3.8) is 0 Å². The molecule has 98 valence electrons. The lowest BCUT2D eigenvalue weighted by molar-refractivity contribution is -0.146. The molecule has 0 aromatic heterocycles. The number of carbonyl (C=O) groups is 1. The van der Waals surface area contributed by atoms with Gasteiger partial charge < -0.3 is 4.74 Å². The second-order valence-electron chi connectivity index (χ2n) is 5.42. The van der Waals surface area contributed by atoms with E-state index < -0.39 is 0 Å². The minimum absolute atomic E-state index is 0.0294. The predicted octanol–water partition coefficient (Wildman–Crippen LogP) is 2.75. The number of benzene rings is 1. The topological polar surface area (TPSA) is 26.3 Å². The highest BCUT2D eigenvalue weighted by molar-refractivity contribution is 5.84. The SMILES string of the molecule is C#Cc1ccc(C23C(CC)C2[C@H]3C(=O)OCC)cc1. The Morgan fingerprint density at radius 1 is 1.37 bits per heavy atom. The van der Waals surface area contributed by atoms with Crippen molar-refractivity contribution in [3.8, 4) is 12.3 Å². The van der Waals surface area contributed by atoms with E-state index in [2.05, 4.69) is 25.0 Å². The third-order valence-electron chi connectivity index (χ3n) is 4.79. The highest BCUT2D eigenvalue weighted by atomic mass is 16.5. The summed E-state index contributed by atoms with van der Waals surface area (Å²) in [6, 6.07) is 8.09. The number of ether oxygens (including phenoxy) is 1. The Labute approximate surface area is 114 Å². The molecule has 2 aliphatic rings. The van der Waals surface area contributed by atoms with Crippen LogP contribution in [0.1, 0.15) is 31.4 Å². The van der Waals surface area contributed by atoms with Crippen LogP contribution in [-0.2, 0) is 14.9 Å². The summed E-state index contributed by atoms with van der Waals surface area (Å²) in [5.41, 5.74) is 2.20. The van der Waals surface area contributed by atoms with Crippen LogP contribution in [0.3, 0.4) is 0 Å². The van der Waals surface area contributed by atoms with E-state index in [1.165, 1.54) is 5.56 Å². The second kappa shape index (κ2) is 4.13. The highest BCUT2D eigenvalue weighted by Crippen LogP contribution is 2.85. The third-order valence-corrected chi connectivity index (χ3v) is 4.79. The third kappa shape index (κ3) is 1.48. The van der Waals surface area contributed by atoms with Gasteiger partial charge in [0.15, 0.2) is 0 Å². The Kier molecular flexibility index (Phi) is 2.67. The maximum absolute atomic E-state index is 12.0. The first-order valence-electron chi connectivity index (χ1n) is 6.95. The second-order valence-corrected chi connectivity index (χ2v) is 5.42. The van der Waals surface area contributed by atoms with Crippen LogP contribution in [0.4, 0.5) is 0 Å². The number of fused-ring (bicyclic) bond motifs is 1. The van der Waals surface area contributed by atoms with Gasteiger partial charge in [-0.15, -0.1) is 6.42 Å². The average molecular weight is 254 g/mol. The fourth-order valence-corrected chi connectivity index (χ4v) is 3.90. The van der Waals surface area contributed by atoms with Crippen molar-refractivity contribution in [2.75, 3.05) is 6.61 Å². The van der Waals surface area contributed by atoms with Crippen LogP contribution < -0.4 is 0 Å². The molecule has 19 heavy (non-hydrogen) atoms. The van der Waals surface area contributed by atoms with E-state index in [1.807, 2.05) is 19.1 Å². The molecule has 3 unspecified atom stereocenters. The van der Waals surface area contributed by atoms with Crippen molar-refractivity contribution in [2.24, 2.45) is 17.8 Å². The summed E-state index contributed by atoms with van der Waals surface area (Å²) in [5.74, 6) is 3.81. The molecule has 2 nitrogen and oxygen atoms in total. The van der Waals surface area contributed by atoms with Crippen LogP contribution in [0, 0.1) is 30.1 Å². The van der Waals surface area contributed by atoms with Crippen LogP contribution in [0.15, 0.2) is 24.3 Å². The van der Waals surface area contributed by atoms with Crippen molar-refractivity contribution in [1.82, 2.24) is 0 Å². The molecular weight excluding hydrogens is 236 g/mol. The fourth-order valence-electron chi connectivity index (χ4n) is 3.90. The molecule has 2 fully saturated rings. The highest BCUT2D eigenvalue weighted by Gasteiger charge is 2.88. The predicted molar refractivity (Wildman–Crippen MR) is 73.4 cm³/mol. The molecule has 0 spiro atoms.